The molecule has 0 unspecified atom stereocenters. The number of aromatic hydroxyl groups is 1. The lowest BCUT2D eigenvalue weighted by Crippen LogP contribution is -2.29. The summed E-state index contributed by atoms with van der Waals surface area (Å²) < 4.78 is 15.2. The van der Waals surface area contributed by atoms with Crippen LogP contribution in [0.1, 0.15) is 29.1 Å². The third kappa shape index (κ3) is 2.94. The van der Waals surface area contributed by atoms with E-state index in [2.05, 4.69) is 20.8 Å². The van der Waals surface area contributed by atoms with Crippen LogP contribution in [-0.4, -0.2) is 31.2 Å². The minimum atomic E-state index is -0.803. The molecule has 122 valence electrons. The van der Waals surface area contributed by atoms with E-state index in [1.54, 1.807) is 6.92 Å². The van der Waals surface area contributed by atoms with Crippen molar-refractivity contribution in [3.8, 4) is 11.4 Å². The first-order valence-electron chi connectivity index (χ1n) is 7.20. The monoisotopic (exact) mass is 327 g/mol. The second-order valence-corrected chi connectivity index (χ2v) is 5.11. The van der Waals surface area contributed by atoms with Gasteiger partial charge in [-0.2, -0.15) is 4.68 Å². The van der Waals surface area contributed by atoms with Crippen LogP contribution in [0.3, 0.4) is 0 Å². The van der Waals surface area contributed by atoms with Crippen molar-refractivity contribution in [1.29, 1.82) is 0 Å². The molecule has 0 radical (unpaired) electrons. The molecule has 2 N–H and O–H groups in total. The van der Waals surface area contributed by atoms with Crippen LogP contribution in [0.25, 0.3) is 5.69 Å². The standard InChI is InChI=1S/C16H14FN5O2/c1-10(18-16(24)14-12(17)8-5-9-13(14)23)15-19-20-21-22(15)11-6-3-2-4-7-11/h2-10,23H,1H3,(H,18,24)/t10-/m1/s1. The molecule has 0 aliphatic carbocycles. The third-order valence-corrected chi connectivity index (χ3v) is 3.45. The van der Waals surface area contributed by atoms with Gasteiger partial charge in [-0.1, -0.05) is 24.3 Å². The Morgan fingerprint density at radius 2 is 1.96 bits per heavy atom. The molecule has 0 aliphatic heterocycles. The third-order valence-electron chi connectivity index (χ3n) is 3.45. The Labute approximate surface area is 136 Å². The van der Waals surface area contributed by atoms with Gasteiger partial charge in [0.2, 0.25) is 0 Å². The molecule has 1 heterocycles. The van der Waals surface area contributed by atoms with Crippen molar-refractivity contribution in [2.24, 2.45) is 0 Å². The largest absolute Gasteiger partial charge is 0.507 e. The number of hydrogen-bond donors (Lipinski definition) is 2. The number of phenolic OH excluding ortho intramolecular Hbond substituents is 1. The van der Waals surface area contributed by atoms with Crippen LogP contribution < -0.4 is 5.32 Å². The first-order chi connectivity index (χ1) is 11.6. The number of hydrogen-bond acceptors (Lipinski definition) is 5. The van der Waals surface area contributed by atoms with Crippen LogP contribution in [0.2, 0.25) is 0 Å². The summed E-state index contributed by atoms with van der Waals surface area (Å²) in [7, 11) is 0. The zero-order valence-electron chi connectivity index (χ0n) is 12.7. The van der Waals surface area contributed by atoms with Gasteiger partial charge in [0.1, 0.15) is 17.1 Å². The van der Waals surface area contributed by atoms with E-state index in [0.717, 1.165) is 11.8 Å². The van der Waals surface area contributed by atoms with Crippen molar-refractivity contribution in [3.05, 3.63) is 65.7 Å². The van der Waals surface area contributed by atoms with E-state index in [1.165, 1.54) is 16.8 Å². The first kappa shape index (κ1) is 15.6. The number of phenols is 1. The molecule has 8 heteroatoms. The second kappa shape index (κ2) is 6.45. The number of rotatable bonds is 4. The van der Waals surface area contributed by atoms with E-state index in [9.17, 15) is 14.3 Å². The molecule has 1 amide bonds. The van der Waals surface area contributed by atoms with Crippen LogP contribution in [0.5, 0.6) is 5.75 Å². The minimum absolute atomic E-state index is 0.380. The lowest BCUT2D eigenvalue weighted by Gasteiger charge is -2.14. The number of nitrogens with one attached hydrogen (secondary N) is 1. The molecule has 7 nitrogen and oxygen atoms in total. The van der Waals surface area contributed by atoms with Crippen molar-refractivity contribution < 1.29 is 14.3 Å². The number of tetrazole rings is 1. The summed E-state index contributed by atoms with van der Waals surface area (Å²) in [5, 5.41) is 23.7. The SMILES string of the molecule is C[C@@H](NC(=O)c1c(O)cccc1F)c1nnnn1-c1ccccc1. The Kier molecular flexibility index (Phi) is 4.19. The smallest absolute Gasteiger partial charge is 0.258 e. The lowest BCUT2D eigenvalue weighted by atomic mass is 10.1. The molecule has 3 rings (SSSR count). The van der Waals surface area contributed by atoms with Gasteiger partial charge in [0, 0.05) is 0 Å². The Morgan fingerprint density at radius 1 is 1.21 bits per heavy atom. The number of carbonyl (C=O) groups excluding carboxylic acids is 1. The van der Waals surface area contributed by atoms with Crippen molar-refractivity contribution >= 4 is 5.91 Å². The number of carbonyl (C=O) groups is 1. The number of para-hydroxylation sites is 1. The molecule has 0 fully saturated rings. The van der Waals surface area contributed by atoms with E-state index < -0.39 is 29.1 Å². The van der Waals surface area contributed by atoms with Crippen molar-refractivity contribution in [3.63, 3.8) is 0 Å². The number of halogens is 1. The molecule has 0 saturated carbocycles. The fourth-order valence-corrected chi connectivity index (χ4v) is 2.29. The Balaban J connectivity index is 1.85. The number of aromatic nitrogens is 4. The second-order valence-electron chi connectivity index (χ2n) is 5.11. The highest BCUT2D eigenvalue weighted by Gasteiger charge is 2.22. The van der Waals surface area contributed by atoms with E-state index in [4.69, 9.17) is 0 Å². The number of nitrogens with zero attached hydrogens (tertiary/aromatic N) is 4. The summed E-state index contributed by atoms with van der Waals surface area (Å²) in [6, 6.07) is 12.2. The van der Waals surface area contributed by atoms with Gasteiger partial charge in [0.05, 0.1) is 11.7 Å². The van der Waals surface area contributed by atoms with Gasteiger partial charge in [-0.25, -0.2) is 4.39 Å². The van der Waals surface area contributed by atoms with Crippen LogP contribution in [-0.2, 0) is 0 Å². The van der Waals surface area contributed by atoms with Gasteiger partial charge < -0.3 is 10.4 Å². The highest BCUT2D eigenvalue weighted by molar-refractivity contribution is 5.97. The molecule has 3 aromatic rings. The van der Waals surface area contributed by atoms with Gasteiger partial charge in [-0.05, 0) is 41.6 Å². The predicted molar refractivity (Wildman–Crippen MR) is 83.1 cm³/mol. The highest BCUT2D eigenvalue weighted by atomic mass is 19.1. The Morgan fingerprint density at radius 3 is 2.67 bits per heavy atom. The first-order valence-corrected chi connectivity index (χ1v) is 7.20. The Hall–Kier alpha value is -3.29. The summed E-state index contributed by atoms with van der Waals surface area (Å²) >= 11 is 0. The van der Waals surface area contributed by atoms with Crippen LogP contribution >= 0.6 is 0 Å². The van der Waals surface area contributed by atoms with E-state index >= 15 is 0 Å². The molecular weight excluding hydrogens is 313 g/mol. The van der Waals surface area contributed by atoms with E-state index in [-0.39, 0.29) is 0 Å². The summed E-state index contributed by atoms with van der Waals surface area (Å²) in [5.41, 5.74) is 0.315. The molecular formula is C16H14FN5O2. The number of benzene rings is 2. The van der Waals surface area contributed by atoms with Crippen molar-refractivity contribution in [2.45, 2.75) is 13.0 Å². The summed E-state index contributed by atoms with van der Waals surface area (Å²) in [5.74, 6) is -1.60. The molecule has 0 saturated heterocycles. The van der Waals surface area contributed by atoms with Gasteiger partial charge in [-0.3, -0.25) is 4.79 Å². The highest BCUT2D eigenvalue weighted by Crippen LogP contribution is 2.21. The fourth-order valence-electron chi connectivity index (χ4n) is 2.29. The van der Waals surface area contributed by atoms with Gasteiger partial charge >= 0.3 is 0 Å². The summed E-state index contributed by atoms with van der Waals surface area (Å²) in [6.07, 6.45) is 0. The van der Waals surface area contributed by atoms with Gasteiger partial charge in [-0.15, -0.1) is 5.10 Å². The zero-order chi connectivity index (χ0) is 17.1. The van der Waals surface area contributed by atoms with E-state index in [0.29, 0.717) is 5.82 Å². The maximum Gasteiger partial charge on any atom is 0.258 e. The Bertz CT molecular complexity index is 846. The maximum absolute atomic E-state index is 13.8. The van der Waals surface area contributed by atoms with Crippen LogP contribution in [0, 0.1) is 5.82 Å². The normalized spacial score (nSPS) is 11.9. The van der Waals surface area contributed by atoms with Gasteiger partial charge in [0.15, 0.2) is 5.82 Å². The molecule has 1 aromatic heterocycles. The van der Waals surface area contributed by atoms with Gasteiger partial charge in [0.25, 0.3) is 5.91 Å². The number of amides is 1. The predicted octanol–water partition coefficient (Wildman–Crippen LogP) is 2.00. The maximum atomic E-state index is 13.8. The van der Waals surface area contributed by atoms with E-state index in [1.807, 2.05) is 30.3 Å². The quantitative estimate of drug-likeness (QED) is 0.764. The molecule has 0 aliphatic rings. The minimum Gasteiger partial charge on any atom is -0.507 e. The van der Waals surface area contributed by atoms with Crippen LogP contribution in [0.15, 0.2) is 48.5 Å². The van der Waals surface area contributed by atoms with Crippen molar-refractivity contribution in [2.75, 3.05) is 0 Å². The molecule has 0 bridgehead atoms. The summed E-state index contributed by atoms with van der Waals surface area (Å²) in [4.78, 5) is 12.3. The van der Waals surface area contributed by atoms with Crippen LogP contribution in [0.4, 0.5) is 4.39 Å². The lowest BCUT2D eigenvalue weighted by molar-refractivity contribution is 0.0931. The molecule has 1 atom stereocenters. The average Bonchev–Trinajstić information content (AvgIpc) is 3.05. The summed E-state index contributed by atoms with van der Waals surface area (Å²) in [6.45, 7) is 1.67. The fraction of sp³-hybridized carbons (Fsp3) is 0.125. The molecule has 24 heavy (non-hydrogen) atoms. The average molecular weight is 327 g/mol. The molecule has 2 aromatic carbocycles. The zero-order valence-corrected chi connectivity index (χ0v) is 12.7. The molecule has 0 spiro atoms. The topological polar surface area (TPSA) is 92.9 Å². The van der Waals surface area contributed by atoms with Crippen molar-refractivity contribution in [1.82, 2.24) is 25.5 Å².